The lowest BCUT2D eigenvalue weighted by Gasteiger charge is -2.29. The van der Waals surface area contributed by atoms with Crippen LogP contribution >= 0.6 is 0 Å². The molecule has 1 aliphatic heterocycles. The summed E-state index contributed by atoms with van der Waals surface area (Å²) in [5.74, 6) is 2.14. The Morgan fingerprint density at radius 2 is 2.00 bits per heavy atom. The van der Waals surface area contributed by atoms with Crippen molar-refractivity contribution in [2.24, 2.45) is 5.92 Å². The first-order chi connectivity index (χ1) is 9.31. The van der Waals surface area contributed by atoms with E-state index in [9.17, 15) is 0 Å². The molecule has 0 spiro atoms. The quantitative estimate of drug-likeness (QED) is 0.800. The summed E-state index contributed by atoms with van der Waals surface area (Å²) in [5.41, 5.74) is 0. The number of hydrogen-bond donors (Lipinski definition) is 1. The van der Waals surface area contributed by atoms with Crippen molar-refractivity contribution in [3.05, 3.63) is 24.3 Å². The van der Waals surface area contributed by atoms with Gasteiger partial charge in [0.1, 0.15) is 6.61 Å². The van der Waals surface area contributed by atoms with E-state index in [1.165, 1.54) is 6.42 Å². The number of benzene rings is 1. The van der Waals surface area contributed by atoms with E-state index in [2.05, 4.69) is 12.2 Å². The summed E-state index contributed by atoms with van der Waals surface area (Å²) >= 11 is 0. The minimum absolute atomic E-state index is 0.301. The van der Waals surface area contributed by atoms with Gasteiger partial charge in [-0.25, -0.2) is 0 Å². The van der Waals surface area contributed by atoms with Gasteiger partial charge in [-0.1, -0.05) is 19.1 Å². The first-order valence-electron chi connectivity index (χ1n) is 6.89. The van der Waals surface area contributed by atoms with Gasteiger partial charge in [0.05, 0.1) is 19.8 Å². The highest BCUT2D eigenvalue weighted by Gasteiger charge is 2.21. The van der Waals surface area contributed by atoms with Crippen LogP contribution in [0.25, 0.3) is 0 Å². The predicted molar refractivity (Wildman–Crippen MR) is 74.9 cm³/mol. The molecule has 1 heterocycles. The molecule has 2 rings (SSSR count). The molecule has 0 radical (unpaired) electrons. The van der Waals surface area contributed by atoms with Crippen molar-refractivity contribution in [1.82, 2.24) is 5.32 Å². The van der Waals surface area contributed by atoms with Gasteiger partial charge in [-0.15, -0.1) is 0 Å². The van der Waals surface area contributed by atoms with Gasteiger partial charge in [-0.05, 0) is 31.0 Å². The molecule has 0 saturated carbocycles. The van der Waals surface area contributed by atoms with E-state index in [-0.39, 0.29) is 0 Å². The largest absolute Gasteiger partial charge is 0.493 e. The maximum atomic E-state index is 5.86. The van der Waals surface area contributed by atoms with Gasteiger partial charge in [0.25, 0.3) is 0 Å². The second kappa shape index (κ2) is 7.36. The third-order valence-corrected chi connectivity index (χ3v) is 3.50. The zero-order chi connectivity index (χ0) is 13.5. The molecule has 1 aromatic carbocycles. The summed E-state index contributed by atoms with van der Waals surface area (Å²) in [7, 11) is 1.65. The molecule has 1 aliphatic rings. The molecule has 19 heavy (non-hydrogen) atoms. The lowest BCUT2D eigenvalue weighted by molar-refractivity contribution is -0.00858. The number of ether oxygens (including phenoxy) is 3. The van der Waals surface area contributed by atoms with Gasteiger partial charge >= 0.3 is 0 Å². The minimum atomic E-state index is 0.301. The SMILES string of the molecule is COc1ccccc1OCCOC1CNCCC1C. The van der Waals surface area contributed by atoms with Gasteiger partial charge in [-0.2, -0.15) is 0 Å². The molecule has 4 heteroatoms. The van der Waals surface area contributed by atoms with Crippen molar-refractivity contribution >= 4 is 0 Å². The van der Waals surface area contributed by atoms with Crippen LogP contribution in [0.2, 0.25) is 0 Å². The number of hydrogen-bond acceptors (Lipinski definition) is 4. The van der Waals surface area contributed by atoms with Crippen LogP contribution in [0.4, 0.5) is 0 Å². The molecule has 2 atom stereocenters. The lowest BCUT2D eigenvalue weighted by atomic mass is 9.97. The monoisotopic (exact) mass is 265 g/mol. The third kappa shape index (κ3) is 4.11. The maximum absolute atomic E-state index is 5.86. The normalized spacial score (nSPS) is 23.1. The molecule has 0 bridgehead atoms. The van der Waals surface area contributed by atoms with E-state index in [1.54, 1.807) is 7.11 Å². The summed E-state index contributed by atoms with van der Waals surface area (Å²) in [6.45, 7) is 5.43. The molecule has 4 nitrogen and oxygen atoms in total. The topological polar surface area (TPSA) is 39.7 Å². The molecule has 106 valence electrons. The fourth-order valence-corrected chi connectivity index (χ4v) is 2.27. The molecule has 1 N–H and O–H groups in total. The van der Waals surface area contributed by atoms with Crippen LogP contribution in [-0.2, 0) is 4.74 Å². The van der Waals surface area contributed by atoms with E-state index in [4.69, 9.17) is 14.2 Å². The van der Waals surface area contributed by atoms with Crippen LogP contribution in [0.5, 0.6) is 11.5 Å². The maximum Gasteiger partial charge on any atom is 0.161 e. The van der Waals surface area contributed by atoms with Crippen molar-refractivity contribution in [2.75, 3.05) is 33.4 Å². The highest BCUT2D eigenvalue weighted by atomic mass is 16.5. The average Bonchev–Trinajstić information content (AvgIpc) is 2.45. The zero-order valence-corrected chi connectivity index (χ0v) is 11.7. The highest BCUT2D eigenvalue weighted by molar-refractivity contribution is 5.39. The third-order valence-electron chi connectivity index (χ3n) is 3.50. The fourth-order valence-electron chi connectivity index (χ4n) is 2.27. The minimum Gasteiger partial charge on any atom is -0.493 e. The first kappa shape index (κ1) is 14.2. The van der Waals surface area contributed by atoms with Crippen LogP contribution in [0.15, 0.2) is 24.3 Å². The molecular weight excluding hydrogens is 242 g/mol. The van der Waals surface area contributed by atoms with E-state index >= 15 is 0 Å². The Bertz CT molecular complexity index is 383. The fraction of sp³-hybridized carbons (Fsp3) is 0.600. The second-order valence-corrected chi connectivity index (χ2v) is 4.88. The summed E-state index contributed by atoms with van der Waals surface area (Å²) in [5, 5.41) is 3.36. The van der Waals surface area contributed by atoms with E-state index < -0.39 is 0 Å². The Balaban J connectivity index is 1.71. The van der Waals surface area contributed by atoms with Gasteiger partial charge in [0, 0.05) is 6.54 Å². The zero-order valence-electron chi connectivity index (χ0n) is 11.7. The van der Waals surface area contributed by atoms with E-state index in [0.29, 0.717) is 25.2 Å². The average molecular weight is 265 g/mol. The molecule has 1 fully saturated rings. The van der Waals surface area contributed by atoms with Gasteiger partial charge in [-0.3, -0.25) is 0 Å². The summed E-state index contributed by atoms with van der Waals surface area (Å²) in [6, 6.07) is 7.66. The molecule has 0 amide bonds. The molecular formula is C15H23NO3. The molecule has 0 aliphatic carbocycles. The number of para-hydroxylation sites is 2. The Labute approximate surface area is 115 Å². The van der Waals surface area contributed by atoms with Crippen molar-refractivity contribution in [1.29, 1.82) is 0 Å². The van der Waals surface area contributed by atoms with Crippen molar-refractivity contribution in [2.45, 2.75) is 19.4 Å². The molecule has 2 unspecified atom stereocenters. The number of rotatable bonds is 6. The summed E-state index contributed by atoms with van der Waals surface area (Å²) in [4.78, 5) is 0. The van der Waals surface area contributed by atoms with E-state index in [0.717, 1.165) is 24.6 Å². The van der Waals surface area contributed by atoms with Crippen molar-refractivity contribution in [3.63, 3.8) is 0 Å². The van der Waals surface area contributed by atoms with Gasteiger partial charge < -0.3 is 19.5 Å². The number of piperidine rings is 1. The highest BCUT2D eigenvalue weighted by Crippen LogP contribution is 2.25. The first-order valence-corrected chi connectivity index (χ1v) is 6.89. The van der Waals surface area contributed by atoms with Crippen molar-refractivity contribution < 1.29 is 14.2 Å². The number of methoxy groups -OCH3 is 1. The Kier molecular flexibility index (Phi) is 5.48. The lowest BCUT2D eigenvalue weighted by Crippen LogP contribution is -2.41. The summed E-state index contributed by atoms with van der Waals surface area (Å²) < 4.78 is 16.8. The van der Waals surface area contributed by atoms with Gasteiger partial charge in [0.2, 0.25) is 0 Å². The van der Waals surface area contributed by atoms with E-state index in [1.807, 2.05) is 24.3 Å². The smallest absolute Gasteiger partial charge is 0.161 e. The van der Waals surface area contributed by atoms with Crippen molar-refractivity contribution in [3.8, 4) is 11.5 Å². The molecule has 1 saturated heterocycles. The van der Waals surface area contributed by atoms with Crippen LogP contribution in [0.3, 0.4) is 0 Å². The standard InChI is InChI=1S/C15H23NO3/c1-12-7-8-16-11-15(12)19-10-9-18-14-6-4-3-5-13(14)17-2/h3-6,12,15-16H,7-11H2,1-2H3. The van der Waals surface area contributed by atoms with Crippen LogP contribution in [0.1, 0.15) is 13.3 Å². The Morgan fingerprint density at radius 1 is 1.21 bits per heavy atom. The molecule has 0 aromatic heterocycles. The summed E-state index contributed by atoms with van der Waals surface area (Å²) in [6.07, 6.45) is 1.48. The second-order valence-electron chi connectivity index (χ2n) is 4.88. The Hall–Kier alpha value is -1.26. The van der Waals surface area contributed by atoms with Crippen LogP contribution in [0, 0.1) is 5.92 Å². The number of nitrogens with one attached hydrogen (secondary N) is 1. The van der Waals surface area contributed by atoms with Crippen LogP contribution < -0.4 is 14.8 Å². The predicted octanol–water partition coefficient (Wildman–Crippen LogP) is 2.09. The molecule has 1 aromatic rings. The van der Waals surface area contributed by atoms with Gasteiger partial charge in [0.15, 0.2) is 11.5 Å². The Morgan fingerprint density at radius 3 is 2.74 bits per heavy atom. The van der Waals surface area contributed by atoms with Crippen LogP contribution in [-0.4, -0.2) is 39.5 Å².